The lowest BCUT2D eigenvalue weighted by atomic mass is 10.1. The Morgan fingerprint density at radius 1 is 1.54 bits per heavy atom. The molecule has 0 aliphatic carbocycles. The van der Waals surface area contributed by atoms with E-state index in [1.807, 2.05) is 11.4 Å². The summed E-state index contributed by atoms with van der Waals surface area (Å²) in [5.74, 6) is 0.287. The van der Waals surface area contributed by atoms with Gasteiger partial charge in [-0.15, -0.1) is 11.3 Å². The van der Waals surface area contributed by atoms with E-state index in [4.69, 9.17) is 5.26 Å². The Labute approximate surface area is 79.7 Å². The number of aromatic hydroxyl groups is 1. The van der Waals surface area contributed by atoms with Crippen molar-refractivity contribution in [2.45, 2.75) is 6.92 Å². The molecule has 0 saturated carbocycles. The number of rotatable bonds is 0. The van der Waals surface area contributed by atoms with E-state index in [0.717, 1.165) is 15.6 Å². The molecule has 0 aliphatic rings. The first kappa shape index (κ1) is 8.09. The first-order valence-corrected chi connectivity index (χ1v) is 4.72. The summed E-state index contributed by atoms with van der Waals surface area (Å²) in [6, 6.07) is 5.68. The fourth-order valence-electron chi connectivity index (χ4n) is 1.35. The summed E-state index contributed by atoms with van der Waals surface area (Å²) in [7, 11) is 0. The minimum atomic E-state index is 0.287. The number of nitriles is 1. The predicted molar refractivity (Wildman–Crippen MR) is 52.9 cm³/mol. The number of hydrogen-bond donors (Lipinski definition) is 1. The van der Waals surface area contributed by atoms with Gasteiger partial charge in [-0.3, -0.25) is 0 Å². The Morgan fingerprint density at radius 3 is 3.00 bits per heavy atom. The van der Waals surface area contributed by atoms with Gasteiger partial charge in [0.15, 0.2) is 0 Å². The zero-order valence-electron chi connectivity index (χ0n) is 7.03. The van der Waals surface area contributed by atoms with Crippen molar-refractivity contribution in [2.24, 2.45) is 0 Å². The highest BCUT2D eigenvalue weighted by molar-refractivity contribution is 7.17. The van der Waals surface area contributed by atoms with Gasteiger partial charge >= 0.3 is 0 Å². The maximum absolute atomic E-state index is 9.66. The van der Waals surface area contributed by atoms with Crippen LogP contribution in [0.25, 0.3) is 10.1 Å². The van der Waals surface area contributed by atoms with Crippen LogP contribution < -0.4 is 0 Å². The van der Waals surface area contributed by atoms with E-state index in [0.29, 0.717) is 5.56 Å². The van der Waals surface area contributed by atoms with Crippen molar-refractivity contribution in [2.75, 3.05) is 0 Å². The summed E-state index contributed by atoms with van der Waals surface area (Å²) < 4.78 is 0.866. The van der Waals surface area contributed by atoms with Gasteiger partial charge in [0.05, 0.1) is 10.3 Å². The molecule has 0 unspecified atom stereocenters. The molecule has 2 rings (SSSR count). The van der Waals surface area contributed by atoms with Crippen molar-refractivity contribution in [3.63, 3.8) is 0 Å². The van der Waals surface area contributed by atoms with Crippen LogP contribution in [0.15, 0.2) is 17.5 Å². The number of hydrogen-bond acceptors (Lipinski definition) is 3. The predicted octanol–water partition coefficient (Wildman–Crippen LogP) is 2.79. The van der Waals surface area contributed by atoms with Crippen LogP contribution in [-0.4, -0.2) is 5.11 Å². The number of benzene rings is 1. The Hall–Kier alpha value is -1.53. The van der Waals surface area contributed by atoms with E-state index in [-0.39, 0.29) is 5.75 Å². The van der Waals surface area contributed by atoms with Gasteiger partial charge in [0, 0.05) is 5.39 Å². The zero-order valence-corrected chi connectivity index (χ0v) is 7.85. The molecule has 1 aromatic heterocycles. The summed E-state index contributed by atoms with van der Waals surface area (Å²) in [4.78, 5) is 0. The van der Waals surface area contributed by atoms with Crippen LogP contribution in [0.4, 0.5) is 0 Å². The highest BCUT2D eigenvalue weighted by atomic mass is 32.1. The quantitative estimate of drug-likeness (QED) is 0.692. The standard InChI is InChI=1S/C10H7NOS/c1-6-4-7(5-11)10-8(9(6)12)2-3-13-10/h2-4,12H,1H3. The van der Waals surface area contributed by atoms with Crippen LogP contribution in [-0.2, 0) is 0 Å². The van der Waals surface area contributed by atoms with Crippen molar-refractivity contribution in [1.82, 2.24) is 0 Å². The number of thiophene rings is 1. The fourth-order valence-corrected chi connectivity index (χ4v) is 2.21. The third-order valence-electron chi connectivity index (χ3n) is 2.02. The number of nitrogens with zero attached hydrogens (tertiary/aromatic N) is 1. The minimum Gasteiger partial charge on any atom is -0.507 e. The summed E-state index contributed by atoms with van der Waals surface area (Å²) >= 11 is 1.48. The molecule has 0 aliphatic heterocycles. The van der Waals surface area contributed by atoms with E-state index in [2.05, 4.69) is 6.07 Å². The van der Waals surface area contributed by atoms with Gasteiger partial charge in [-0.05, 0) is 30.0 Å². The van der Waals surface area contributed by atoms with Crippen LogP contribution in [0.3, 0.4) is 0 Å². The van der Waals surface area contributed by atoms with Crippen LogP contribution in [0.1, 0.15) is 11.1 Å². The van der Waals surface area contributed by atoms with Crippen LogP contribution in [0, 0.1) is 18.3 Å². The lowest BCUT2D eigenvalue weighted by molar-refractivity contribution is 0.477. The van der Waals surface area contributed by atoms with E-state index in [1.54, 1.807) is 13.0 Å². The maximum Gasteiger partial charge on any atom is 0.127 e. The molecule has 64 valence electrons. The van der Waals surface area contributed by atoms with Crippen LogP contribution in [0.5, 0.6) is 5.75 Å². The summed E-state index contributed by atoms with van der Waals surface area (Å²) in [6.45, 7) is 1.80. The number of aryl methyl sites for hydroxylation is 1. The topological polar surface area (TPSA) is 44.0 Å². The summed E-state index contributed by atoms with van der Waals surface area (Å²) in [6.07, 6.45) is 0. The zero-order chi connectivity index (χ0) is 9.42. The Balaban J connectivity index is 2.97. The van der Waals surface area contributed by atoms with Gasteiger partial charge in [0.2, 0.25) is 0 Å². The molecule has 0 amide bonds. The summed E-state index contributed by atoms with van der Waals surface area (Å²) in [5, 5.41) is 21.2. The molecule has 0 spiro atoms. The first-order chi connectivity index (χ1) is 6.24. The molecule has 0 radical (unpaired) electrons. The van der Waals surface area contributed by atoms with Gasteiger partial charge in [0.1, 0.15) is 11.8 Å². The second kappa shape index (κ2) is 2.75. The molecular weight excluding hydrogens is 182 g/mol. The number of phenolic OH excluding ortho intramolecular Hbond substituents is 1. The molecule has 2 nitrogen and oxygen atoms in total. The van der Waals surface area contributed by atoms with Crippen molar-refractivity contribution < 1.29 is 5.11 Å². The van der Waals surface area contributed by atoms with Gasteiger partial charge in [0.25, 0.3) is 0 Å². The fraction of sp³-hybridized carbons (Fsp3) is 0.100. The van der Waals surface area contributed by atoms with Crippen molar-refractivity contribution >= 4 is 21.4 Å². The molecule has 0 atom stereocenters. The van der Waals surface area contributed by atoms with Gasteiger partial charge in [-0.1, -0.05) is 0 Å². The van der Waals surface area contributed by atoms with Crippen LogP contribution in [0.2, 0.25) is 0 Å². The van der Waals surface area contributed by atoms with Gasteiger partial charge in [-0.2, -0.15) is 5.26 Å². The Morgan fingerprint density at radius 2 is 2.31 bits per heavy atom. The highest BCUT2D eigenvalue weighted by Gasteiger charge is 2.08. The van der Waals surface area contributed by atoms with E-state index < -0.39 is 0 Å². The van der Waals surface area contributed by atoms with Crippen molar-refractivity contribution in [3.8, 4) is 11.8 Å². The third-order valence-corrected chi connectivity index (χ3v) is 2.97. The largest absolute Gasteiger partial charge is 0.507 e. The second-order valence-electron chi connectivity index (χ2n) is 2.86. The van der Waals surface area contributed by atoms with E-state index >= 15 is 0 Å². The molecule has 0 saturated heterocycles. The number of fused-ring (bicyclic) bond motifs is 1. The lowest BCUT2D eigenvalue weighted by Gasteiger charge is -2.01. The van der Waals surface area contributed by atoms with Crippen molar-refractivity contribution in [3.05, 3.63) is 28.6 Å². The highest BCUT2D eigenvalue weighted by Crippen LogP contribution is 2.34. The smallest absolute Gasteiger partial charge is 0.127 e. The molecule has 0 fully saturated rings. The Bertz CT molecular complexity index is 507. The molecule has 13 heavy (non-hydrogen) atoms. The monoisotopic (exact) mass is 189 g/mol. The minimum absolute atomic E-state index is 0.287. The average Bonchev–Trinajstić information content (AvgIpc) is 2.60. The SMILES string of the molecule is Cc1cc(C#N)c2sccc2c1O. The van der Waals surface area contributed by atoms with E-state index in [9.17, 15) is 5.11 Å². The number of phenols is 1. The van der Waals surface area contributed by atoms with Crippen molar-refractivity contribution in [1.29, 1.82) is 5.26 Å². The molecule has 2 aromatic rings. The molecule has 3 heteroatoms. The lowest BCUT2D eigenvalue weighted by Crippen LogP contribution is -1.80. The summed E-state index contributed by atoms with van der Waals surface area (Å²) in [5.41, 5.74) is 1.39. The van der Waals surface area contributed by atoms with Crippen LogP contribution >= 0.6 is 11.3 Å². The second-order valence-corrected chi connectivity index (χ2v) is 3.78. The van der Waals surface area contributed by atoms with Gasteiger partial charge < -0.3 is 5.11 Å². The first-order valence-electron chi connectivity index (χ1n) is 3.84. The normalized spacial score (nSPS) is 10.2. The van der Waals surface area contributed by atoms with E-state index in [1.165, 1.54) is 11.3 Å². The third kappa shape index (κ3) is 1.07. The average molecular weight is 189 g/mol. The molecule has 1 N–H and O–H groups in total. The molecule has 1 heterocycles. The molecular formula is C10H7NOS. The molecule has 0 bridgehead atoms. The van der Waals surface area contributed by atoms with Gasteiger partial charge in [-0.25, -0.2) is 0 Å². The molecule has 1 aromatic carbocycles. The Kier molecular flexibility index (Phi) is 1.71. The maximum atomic E-state index is 9.66.